The van der Waals surface area contributed by atoms with Crippen molar-refractivity contribution in [2.75, 3.05) is 0 Å². The predicted octanol–water partition coefficient (Wildman–Crippen LogP) is 2.47. The Hall–Kier alpha value is -0.450. The number of hydrogen-bond donors (Lipinski definition) is 1. The molecule has 1 rings (SSSR count). The van der Waals surface area contributed by atoms with Crippen LogP contribution in [-0.4, -0.2) is 21.6 Å². The SMILES string of the molecule is OC(Cc1ccncc1Cl)C(F)(F)Cl. The van der Waals surface area contributed by atoms with E-state index in [1.165, 1.54) is 18.5 Å². The smallest absolute Gasteiger partial charge is 0.347 e. The lowest BCUT2D eigenvalue weighted by Crippen LogP contribution is -2.29. The average molecular weight is 242 g/mol. The molecule has 1 aromatic rings. The van der Waals surface area contributed by atoms with Crippen LogP contribution in [0.2, 0.25) is 5.02 Å². The van der Waals surface area contributed by atoms with Crippen molar-refractivity contribution in [3.63, 3.8) is 0 Å². The minimum atomic E-state index is -3.65. The van der Waals surface area contributed by atoms with Crippen LogP contribution in [0.15, 0.2) is 18.5 Å². The second kappa shape index (κ2) is 4.38. The molecule has 0 amide bonds. The maximum atomic E-state index is 12.4. The Morgan fingerprint density at radius 2 is 2.21 bits per heavy atom. The number of hydrogen-bond acceptors (Lipinski definition) is 2. The van der Waals surface area contributed by atoms with Crippen molar-refractivity contribution in [3.8, 4) is 0 Å². The van der Waals surface area contributed by atoms with Gasteiger partial charge in [0.25, 0.3) is 0 Å². The Morgan fingerprint density at radius 1 is 1.57 bits per heavy atom. The maximum Gasteiger partial charge on any atom is 0.347 e. The number of pyridine rings is 1. The second-order valence-electron chi connectivity index (χ2n) is 2.73. The first-order chi connectivity index (χ1) is 6.41. The van der Waals surface area contributed by atoms with E-state index in [1.807, 2.05) is 0 Å². The molecule has 1 aromatic heterocycles. The lowest BCUT2D eigenvalue weighted by Gasteiger charge is -2.16. The van der Waals surface area contributed by atoms with Crippen LogP contribution in [0, 0.1) is 0 Å². The summed E-state index contributed by atoms with van der Waals surface area (Å²) in [4.78, 5) is 3.68. The molecule has 1 atom stereocenters. The summed E-state index contributed by atoms with van der Waals surface area (Å²) in [5, 5.41) is 5.59. The molecule has 0 bridgehead atoms. The first-order valence-electron chi connectivity index (χ1n) is 3.74. The first kappa shape index (κ1) is 11.6. The zero-order valence-corrected chi connectivity index (χ0v) is 8.43. The highest BCUT2D eigenvalue weighted by atomic mass is 35.5. The van der Waals surface area contributed by atoms with Gasteiger partial charge in [0.15, 0.2) is 0 Å². The van der Waals surface area contributed by atoms with Gasteiger partial charge in [-0.25, -0.2) is 0 Å². The molecule has 2 nitrogen and oxygen atoms in total. The fraction of sp³-hybridized carbons (Fsp3) is 0.375. The molecule has 14 heavy (non-hydrogen) atoms. The zero-order valence-electron chi connectivity index (χ0n) is 6.92. The molecule has 6 heteroatoms. The summed E-state index contributed by atoms with van der Waals surface area (Å²) in [6.07, 6.45) is 0.456. The van der Waals surface area contributed by atoms with E-state index in [0.29, 0.717) is 5.56 Å². The number of halogens is 4. The summed E-state index contributed by atoms with van der Waals surface area (Å²) in [6.45, 7) is 0. The lowest BCUT2D eigenvalue weighted by molar-refractivity contribution is -0.0397. The molecular formula is C8H7Cl2F2NO. The third kappa shape index (κ3) is 3.04. The number of nitrogens with zero attached hydrogens (tertiary/aromatic N) is 1. The van der Waals surface area contributed by atoms with Gasteiger partial charge in [-0.2, -0.15) is 8.78 Å². The molecule has 1 N–H and O–H groups in total. The quantitative estimate of drug-likeness (QED) is 0.826. The van der Waals surface area contributed by atoms with Gasteiger partial charge in [-0.15, -0.1) is 0 Å². The van der Waals surface area contributed by atoms with Crippen LogP contribution in [0.25, 0.3) is 0 Å². The third-order valence-electron chi connectivity index (χ3n) is 1.65. The number of aliphatic hydroxyl groups is 1. The van der Waals surface area contributed by atoms with Crippen molar-refractivity contribution in [1.29, 1.82) is 0 Å². The van der Waals surface area contributed by atoms with Crippen LogP contribution in [0.4, 0.5) is 8.78 Å². The minimum absolute atomic E-state index is 0.229. The van der Waals surface area contributed by atoms with Gasteiger partial charge in [0, 0.05) is 18.8 Å². The lowest BCUT2D eigenvalue weighted by atomic mass is 10.1. The number of rotatable bonds is 3. The molecule has 0 fully saturated rings. The maximum absolute atomic E-state index is 12.4. The summed E-state index contributed by atoms with van der Waals surface area (Å²) in [5.74, 6) is 0. The summed E-state index contributed by atoms with van der Waals surface area (Å²) in [7, 11) is 0. The van der Waals surface area contributed by atoms with Gasteiger partial charge < -0.3 is 5.11 Å². The van der Waals surface area contributed by atoms with E-state index in [-0.39, 0.29) is 11.4 Å². The molecule has 1 unspecified atom stereocenters. The van der Waals surface area contributed by atoms with E-state index in [4.69, 9.17) is 16.7 Å². The molecule has 1 heterocycles. The minimum Gasteiger partial charge on any atom is -0.385 e. The van der Waals surface area contributed by atoms with E-state index in [9.17, 15) is 8.78 Å². The molecule has 0 aliphatic rings. The Labute approximate surface area is 89.5 Å². The fourth-order valence-corrected chi connectivity index (χ4v) is 1.17. The standard InChI is InChI=1S/C8H7Cl2F2NO/c9-6-4-13-2-1-5(6)3-7(14)8(10,11)12/h1-2,4,7,14H,3H2. The highest BCUT2D eigenvalue weighted by Crippen LogP contribution is 2.27. The molecule has 0 saturated carbocycles. The monoisotopic (exact) mass is 241 g/mol. The second-order valence-corrected chi connectivity index (χ2v) is 3.64. The van der Waals surface area contributed by atoms with Crippen LogP contribution in [-0.2, 0) is 6.42 Å². The van der Waals surface area contributed by atoms with Gasteiger partial charge in [0.05, 0.1) is 5.02 Å². The van der Waals surface area contributed by atoms with Crippen LogP contribution < -0.4 is 0 Å². The topological polar surface area (TPSA) is 33.1 Å². The molecule has 78 valence electrons. The summed E-state index contributed by atoms with van der Waals surface area (Å²) < 4.78 is 24.8. The molecule has 0 aliphatic carbocycles. The van der Waals surface area contributed by atoms with Gasteiger partial charge in [-0.05, 0) is 23.2 Å². The van der Waals surface area contributed by atoms with Gasteiger partial charge in [-0.1, -0.05) is 11.6 Å². The van der Waals surface area contributed by atoms with Crippen LogP contribution >= 0.6 is 23.2 Å². The number of aliphatic hydroxyl groups excluding tert-OH is 1. The summed E-state index contributed by atoms with van der Waals surface area (Å²) in [6, 6.07) is 1.45. The van der Waals surface area contributed by atoms with E-state index < -0.39 is 11.5 Å². The first-order valence-corrected chi connectivity index (χ1v) is 4.50. The highest BCUT2D eigenvalue weighted by molar-refractivity contribution is 6.31. The van der Waals surface area contributed by atoms with Gasteiger partial charge in [0.1, 0.15) is 6.10 Å². The van der Waals surface area contributed by atoms with E-state index in [2.05, 4.69) is 16.6 Å². The van der Waals surface area contributed by atoms with Crippen molar-refractivity contribution < 1.29 is 13.9 Å². The number of alkyl halides is 3. The highest BCUT2D eigenvalue weighted by Gasteiger charge is 2.35. The molecule has 0 radical (unpaired) electrons. The van der Waals surface area contributed by atoms with E-state index >= 15 is 0 Å². The summed E-state index contributed by atoms with van der Waals surface area (Å²) >= 11 is 10.3. The van der Waals surface area contributed by atoms with Crippen LogP contribution in [0.3, 0.4) is 0 Å². The van der Waals surface area contributed by atoms with Crippen LogP contribution in [0.1, 0.15) is 5.56 Å². The van der Waals surface area contributed by atoms with Crippen molar-refractivity contribution in [1.82, 2.24) is 4.98 Å². The Kier molecular flexibility index (Phi) is 3.64. The predicted molar refractivity (Wildman–Crippen MR) is 49.8 cm³/mol. The normalized spacial score (nSPS) is 14.1. The van der Waals surface area contributed by atoms with Crippen LogP contribution in [0.5, 0.6) is 0 Å². The number of aromatic nitrogens is 1. The van der Waals surface area contributed by atoms with Gasteiger partial charge >= 0.3 is 5.38 Å². The Bertz CT molecular complexity index is 316. The average Bonchev–Trinajstić information content (AvgIpc) is 2.07. The van der Waals surface area contributed by atoms with Crippen molar-refractivity contribution >= 4 is 23.2 Å². The molecular weight excluding hydrogens is 235 g/mol. The fourth-order valence-electron chi connectivity index (χ4n) is 0.894. The molecule has 0 aromatic carbocycles. The molecule has 0 saturated heterocycles. The third-order valence-corrected chi connectivity index (χ3v) is 2.24. The summed E-state index contributed by atoms with van der Waals surface area (Å²) in [5.41, 5.74) is 0.384. The Balaban J connectivity index is 2.75. The van der Waals surface area contributed by atoms with Crippen molar-refractivity contribution in [2.24, 2.45) is 0 Å². The zero-order chi connectivity index (χ0) is 10.8. The molecule has 0 spiro atoms. The van der Waals surface area contributed by atoms with Gasteiger partial charge in [-0.3, -0.25) is 4.98 Å². The van der Waals surface area contributed by atoms with Crippen molar-refractivity contribution in [2.45, 2.75) is 17.9 Å². The van der Waals surface area contributed by atoms with E-state index in [0.717, 1.165) is 0 Å². The largest absolute Gasteiger partial charge is 0.385 e. The molecule has 0 aliphatic heterocycles. The van der Waals surface area contributed by atoms with E-state index in [1.54, 1.807) is 0 Å². The Morgan fingerprint density at radius 3 is 2.71 bits per heavy atom. The van der Waals surface area contributed by atoms with Gasteiger partial charge in [0.2, 0.25) is 0 Å². The van der Waals surface area contributed by atoms with Crippen molar-refractivity contribution in [3.05, 3.63) is 29.0 Å².